The largest absolute Gasteiger partial charge is 0.385 e. The highest BCUT2D eigenvalue weighted by molar-refractivity contribution is 7.99. The van der Waals surface area contributed by atoms with Gasteiger partial charge in [0.2, 0.25) is 5.56 Å². The van der Waals surface area contributed by atoms with Gasteiger partial charge in [-0.2, -0.15) is 0 Å². The van der Waals surface area contributed by atoms with E-state index in [1.165, 1.54) is 4.90 Å². The Morgan fingerprint density at radius 3 is 2.47 bits per heavy atom. The van der Waals surface area contributed by atoms with E-state index in [4.69, 9.17) is 5.73 Å². The molecular weight excluding hydrogens is 232 g/mol. The number of benzene rings is 1. The van der Waals surface area contributed by atoms with Crippen LogP contribution >= 0.6 is 11.8 Å². The molecule has 0 radical (unpaired) electrons. The van der Waals surface area contributed by atoms with Gasteiger partial charge >= 0.3 is 0 Å². The molecule has 0 fully saturated rings. The van der Waals surface area contributed by atoms with Crippen LogP contribution in [0.15, 0.2) is 46.1 Å². The van der Waals surface area contributed by atoms with Gasteiger partial charge in [0.1, 0.15) is 5.82 Å². The quantitative estimate of drug-likeness (QED) is 0.819. The van der Waals surface area contributed by atoms with Gasteiger partial charge in [-0.3, -0.25) is 4.79 Å². The second-order valence-corrected chi connectivity index (χ2v) is 4.98. The molecule has 17 heavy (non-hydrogen) atoms. The second-order valence-electron chi connectivity index (χ2n) is 3.65. The van der Waals surface area contributed by atoms with E-state index in [0.717, 1.165) is 16.9 Å². The molecule has 2 aromatic rings. The number of H-pyrrole nitrogens is 1. The summed E-state index contributed by atoms with van der Waals surface area (Å²) in [5.41, 5.74) is 7.29. The number of thioether (sulfide) groups is 1. The summed E-state index contributed by atoms with van der Waals surface area (Å²) in [5, 5.41) is 0. The summed E-state index contributed by atoms with van der Waals surface area (Å²) in [5.74, 6) is 1.44. The van der Waals surface area contributed by atoms with E-state index in [1.807, 2.05) is 12.1 Å². The lowest BCUT2D eigenvalue weighted by Crippen LogP contribution is -2.07. The van der Waals surface area contributed by atoms with Crippen molar-refractivity contribution in [2.75, 3.05) is 11.5 Å². The third kappa shape index (κ3) is 2.91. The maximum atomic E-state index is 11.3. The molecule has 4 heteroatoms. The maximum absolute atomic E-state index is 11.3. The number of hydrogen-bond donors (Lipinski definition) is 2. The Kier molecular flexibility index (Phi) is 3.54. The molecule has 0 amide bonds. The van der Waals surface area contributed by atoms with Gasteiger partial charge in [-0.1, -0.05) is 19.1 Å². The van der Waals surface area contributed by atoms with Crippen LogP contribution in [0.5, 0.6) is 0 Å². The van der Waals surface area contributed by atoms with Crippen molar-refractivity contribution in [3.05, 3.63) is 46.8 Å². The van der Waals surface area contributed by atoms with E-state index in [1.54, 1.807) is 23.9 Å². The zero-order valence-corrected chi connectivity index (χ0v) is 10.4. The van der Waals surface area contributed by atoms with E-state index in [-0.39, 0.29) is 5.56 Å². The molecule has 0 bridgehead atoms. The Morgan fingerprint density at radius 2 is 1.88 bits per heavy atom. The summed E-state index contributed by atoms with van der Waals surface area (Å²) in [4.78, 5) is 15.1. The summed E-state index contributed by atoms with van der Waals surface area (Å²) in [7, 11) is 0. The minimum absolute atomic E-state index is 0.174. The smallest absolute Gasteiger partial charge is 0.250 e. The van der Waals surface area contributed by atoms with Crippen molar-refractivity contribution >= 4 is 17.6 Å². The number of rotatable bonds is 3. The predicted molar refractivity (Wildman–Crippen MR) is 73.3 cm³/mol. The number of nitrogen functional groups attached to an aromatic ring is 1. The predicted octanol–water partition coefficient (Wildman–Crippen LogP) is 2.74. The highest BCUT2D eigenvalue weighted by Crippen LogP contribution is 2.23. The number of aromatic amines is 1. The third-order valence-corrected chi connectivity index (χ3v) is 3.26. The first kappa shape index (κ1) is 11.8. The van der Waals surface area contributed by atoms with Gasteiger partial charge in [0, 0.05) is 11.0 Å². The van der Waals surface area contributed by atoms with Crippen LogP contribution in [-0.2, 0) is 0 Å². The van der Waals surface area contributed by atoms with Gasteiger partial charge in [0.05, 0.1) is 0 Å². The first-order valence-corrected chi connectivity index (χ1v) is 6.40. The van der Waals surface area contributed by atoms with Gasteiger partial charge in [0.25, 0.3) is 0 Å². The van der Waals surface area contributed by atoms with E-state index in [9.17, 15) is 4.79 Å². The molecule has 0 unspecified atom stereocenters. The Hall–Kier alpha value is -1.68. The van der Waals surface area contributed by atoms with Crippen LogP contribution in [0.2, 0.25) is 0 Å². The Bertz CT molecular complexity index is 560. The van der Waals surface area contributed by atoms with Crippen molar-refractivity contribution in [2.24, 2.45) is 0 Å². The van der Waals surface area contributed by atoms with Gasteiger partial charge in [-0.05, 0) is 35.1 Å². The van der Waals surface area contributed by atoms with E-state index in [2.05, 4.69) is 24.0 Å². The minimum atomic E-state index is -0.174. The molecule has 3 N–H and O–H groups in total. The summed E-state index contributed by atoms with van der Waals surface area (Å²) in [6.45, 7) is 2.12. The van der Waals surface area contributed by atoms with Crippen molar-refractivity contribution < 1.29 is 0 Å². The van der Waals surface area contributed by atoms with Crippen LogP contribution in [0, 0.1) is 0 Å². The fourth-order valence-electron chi connectivity index (χ4n) is 1.64. The van der Waals surface area contributed by atoms with Crippen LogP contribution in [0.4, 0.5) is 5.82 Å². The van der Waals surface area contributed by atoms with Crippen molar-refractivity contribution in [1.29, 1.82) is 0 Å². The third-order valence-electron chi connectivity index (χ3n) is 2.36. The van der Waals surface area contributed by atoms with E-state index < -0.39 is 0 Å². The minimum Gasteiger partial charge on any atom is -0.385 e. The second kappa shape index (κ2) is 5.10. The average Bonchev–Trinajstić information content (AvgIpc) is 2.29. The number of anilines is 1. The number of hydrogen-bond acceptors (Lipinski definition) is 3. The number of nitrogens with one attached hydrogen (secondary N) is 1. The van der Waals surface area contributed by atoms with Crippen molar-refractivity contribution in [3.63, 3.8) is 0 Å². The summed E-state index contributed by atoms with van der Waals surface area (Å²) in [6, 6.07) is 11.4. The normalized spacial score (nSPS) is 10.4. The molecule has 3 nitrogen and oxygen atoms in total. The van der Waals surface area contributed by atoms with E-state index >= 15 is 0 Å². The van der Waals surface area contributed by atoms with E-state index in [0.29, 0.717) is 5.82 Å². The van der Waals surface area contributed by atoms with Gasteiger partial charge in [0.15, 0.2) is 0 Å². The fraction of sp³-hybridized carbons (Fsp3) is 0.154. The molecule has 0 aliphatic rings. The zero-order chi connectivity index (χ0) is 12.3. The topological polar surface area (TPSA) is 58.9 Å². The SMILES string of the molecule is CCSc1ccc(-c2cc(N)[nH]c(=O)c2)cc1. The molecule has 0 spiro atoms. The molecule has 88 valence electrons. The molecule has 0 aliphatic carbocycles. The van der Waals surface area contributed by atoms with Gasteiger partial charge < -0.3 is 10.7 Å². The van der Waals surface area contributed by atoms with Crippen LogP contribution in [0.1, 0.15) is 6.92 Å². The van der Waals surface area contributed by atoms with Crippen LogP contribution in [0.3, 0.4) is 0 Å². The average molecular weight is 246 g/mol. The number of nitrogens with two attached hydrogens (primary N) is 1. The lowest BCUT2D eigenvalue weighted by molar-refractivity contribution is 1.25. The lowest BCUT2D eigenvalue weighted by Gasteiger charge is -2.04. The van der Waals surface area contributed by atoms with Crippen molar-refractivity contribution in [3.8, 4) is 11.1 Å². The Morgan fingerprint density at radius 1 is 1.18 bits per heavy atom. The first-order valence-electron chi connectivity index (χ1n) is 5.42. The molecule has 0 atom stereocenters. The lowest BCUT2D eigenvalue weighted by atomic mass is 10.1. The van der Waals surface area contributed by atoms with Crippen LogP contribution in [0.25, 0.3) is 11.1 Å². The summed E-state index contributed by atoms with van der Waals surface area (Å²) >= 11 is 1.79. The first-order chi connectivity index (χ1) is 8.19. The molecule has 1 heterocycles. The van der Waals surface area contributed by atoms with Crippen molar-refractivity contribution in [2.45, 2.75) is 11.8 Å². The molecule has 1 aromatic heterocycles. The fourth-order valence-corrected chi connectivity index (χ4v) is 2.30. The molecular formula is C13H14N2OS. The highest BCUT2D eigenvalue weighted by Gasteiger charge is 2.00. The maximum Gasteiger partial charge on any atom is 0.250 e. The molecule has 0 saturated carbocycles. The van der Waals surface area contributed by atoms with Crippen LogP contribution in [-0.4, -0.2) is 10.7 Å². The summed E-state index contributed by atoms with van der Waals surface area (Å²) < 4.78 is 0. The highest BCUT2D eigenvalue weighted by atomic mass is 32.2. The summed E-state index contributed by atoms with van der Waals surface area (Å²) in [6.07, 6.45) is 0. The zero-order valence-electron chi connectivity index (χ0n) is 9.57. The Labute approximate surface area is 104 Å². The number of pyridine rings is 1. The Balaban J connectivity index is 2.36. The van der Waals surface area contributed by atoms with Crippen molar-refractivity contribution in [1.82, 2.24) is 4.98 Å². The molecule has 2 rings (SSSR count). The standard InChI is InChI=1S/C13H14N2OS/c1-2-17-11-5-3-9(4-6-11)10-7-12(14)15-13(16)8-10/h3-8H,2H2,1H3,(H3,14,15,16). The van der Waals surface area contributed by atoms with Gasteiger partial charge in [-0.25, -0.2) is 0 Å². The molecule has 1 aromatic carbocycles. The molecule has 0 saturated heterocycles. The number of aromatic nitrogens is 1. The van der Waals surface area contributed by atoms with Crippen LogP contribution < -0.4 is 11.3 Å². The monoisotopic (exact) mass is 246 g/mol. The molecule has 0 aliphatic heterocycles. The van der Waals surface area contributed by atoms with Gasteiger partial charge in [-0.15, -0.1) is 11.8 Å².